The molecule has 2 aromatic carbocycles. The van der Waals surface area contributed by atoms with E-state index in [0.717, 1.165) is 29.0 Å². The maximum absolute atomic E-state index is 12.0. The number of aromatic nitrogens is 2. The monoisotopic (exact) mass is 349 g/mol. The molecule has 0 saturated carbocycles. The third kappa shape index (κ3) is 4.72. The van der Waals surface area contributed by atoms with Gasteiger partial charge in [-0.25, -0.2) is 0 Å². The number of amides is 1. The Morgan fingerprint density at radius 2 is 1.85 bits per heavy atom. The average Bonchev–Trinajstić information content (AvgIpc) is 3.15. The number of benzene rings is 2. The summed E-state index contributed by atoms with van der Waals surface area (Å²) in [6.07, 6.45) is 3.70. The fraction of sp³-hybridized carbons (Fsp3) is 0.238. The van der Waals surface area contributed by atoms with Gasteiger partial charge in [-0.15, -0.1) is 0 Å². The zero-order valence-electron chi connectivity index (χ0n) is 15.1. The van der Waals surface area contributed by atoms with E-state index in [2.05, 4.69) is 22.5 Å². The van der Waals surface area contributed by atoms with Gasteiger partial charge in [-0.05, 0) is 48.2 Å². The number of hydrogen-bond donors (Lipinski definition) is 1. The van der Waals surface area contributed by atoms with E-state index in [1.165, 1.54) is 5.56 Å². The Hall–Kier alpha value is -3.08. The van der Waals surface area contributed by atoms with Crippen LogP contribution in [-0.4, -0.2) is 22.3 Å². The molecule has 0 radical (unpaired) electrons. The second-order valence-electron chi connectivity index (χ2n) is 6.28. The lowest BCUT2D eigenvalue weighted by Gasteiger charge is -2.11. The van der Waals surface area contributed by atoms with Crippen LogP contribution in [0.2, 0.25) is 0 Å². The smallest absolute Gasteiger partial charge is 0.258 e. The first kappa shape index (κ1) is 17.7. The van der Waals surface area contributed by atoms with Gasteiger partial charge in [0, 0.05) is 18.9 Å². The molecule has 5 heteroatoms. The lowest BCUT2D eigenvalue weighted by Crippen LogP contribution is -2.28. The molecule has 134 valence electrons. The molecule has 1 amide bonds. The van der Waals surface area contributed by atoms with Gasteiger partial charge >= 0.3 is 0 Å². The van der Waals surface area contributed by atoms with E-state index in [1.807, 2.05) is 61.1 Å². The molecule has 0 saturated heterocycles. The molecule has 1 N–H and O–H groups in total. The minimum atomic E-state index is -0.133. The molecule has 0 spiro atoms. The summed E-state index contributed by atoms with van der Waals surface area (Å²) in [4.78, 5) is 12.0. The first-order valence-corrected chi connectivity index (χ1v) is 8.63. The molecule has 0 unspecified atom stereocenters. The molecule has 3 aromatic rings. The van der Waals surface area contributed by atoms with Crippen molar-refractivity contribution in [3.8, 4) is 5.75 Å². The summed E-state index contributed by atoms with van der Waals surface area (Å²) in [6.45, 7) is 5.26. The van der Waals surface area contributed by atoms with Crippen molar-refractivity contribution < 1.29 is 9.53 Å². The highest BCUT2D eigenvalue weighted by Crippen LogP contribution is 2.20. The Morgan fingerprint density at radius 1 is 1.08 bits per heavy atom. The van der Waals surface area contributed by atoms with Crippen molar-refractivity contribution in [2.45, 2.75) is 26.9 Å². The molecule has 0 aliphatic carbocycles. The first-order valence-electron chi connectivity index (χ1n) is 8.63. The van der Waals surface area contributed by atoms with Crippen LogP contribution in [0.25, 0.3) is 0 Å². The van der Waals surface area contributed by atoms with Crippen LogP contribution in [-0.2, 0) is 17.9 Å². The highest BCUT2D eigenvalue weighted by atomic mass is 16.5. The van der Waals surface area contributed by atoms with E-state index in [1.54, 1.807) is 6.20 Å². The summed E-state index contributed by atoms with van der Waals surface area (Å²) in [5, 5.41) is 7.08. The van der Waals surface area contributed by atoms with Gasteiger partial charge in [0.25, 0.3) is 5.91 Å². The number of rotatable bonds is 7. The predicted octanol–water partition coefficient (Wildman–Crippen LogP) is 3.24. The maximum atomic E-state index is 12.0. The summed E-state index contributed by atoms with van der Waals surface area (Å²) in [6, 6.07) is 15.9. The van der Waals surface area contributed by atoms with Crippen molar-refractivity contribution in [1.82, 2.24) is 15.1 Å². The summed E-state index contributed by atoms with van der Waals surface area (Å²) in [5.74, 6) is 0.620. The number of carbonyl (C=O) groups is 1. The van der Waals surface area contributed by atoms with Gasteiger partial charge in [0.05, 0.1) is 6.54 Å². The summed E-state index contributed by atoms with van der Waals surface area (Å²) >= 11 is 0. The largest absolute Gasteiger partial charge is 0.483 e. The Bertz CT molecular complexity index is 855. The van der Waals surface area contributed by atoms with Gasteiger partial charge in [-0.3, -0.25) is 9.48 Å². The molecule has 0 aliphatic heterocycles. The topological polar surface area (TPSA) is 56.1 Å². The van der Waals surface area contributed by atoms with Crippen LogP contribution >= 0.6 is 0 Å². The minimum Gasteiger partial charge on any atom is -0.483 e. The van der Waals surface area contributed by atoms with Crippen LogP contribution in [0.5, 0.6) is 5.75 Å². The molecule has 5 nitrogen and oxygen atoms in total. The molecule has 26 heavy (non-hydrogen) atoms. The van der Waals surface area contributed by atoms with Crippen LogP contribution in [0.15, 0.2) is 60.9 Å². The van der Waals surface area contributed by atoms with Crippen molar-refractivity contribution in [2.24, 2.45) is 0 Å². The predicted molar refractivity (Wildman–Crippen MR) is 101 cm³/mol. The van der Waals surface area contributed by atoms with E-state index < -0.39 is 0 Å². The second-order valence-corrected chi connectivity index (χ2v) is 6.28. The Labute approximate surface area is 153 Å². The first-order chi connectivity index (χ1) is 12.6. The van der Waals surface area contributed by atoms with Crippen LogP contribution in [0.4, 0.5) is 0 Å². The molecule has 1 heterocycles. The van der Waals surface area contributed by atoms with Crippen LogP contribution in [0.1, 0.15) is 22.3 Å². The molecule has 3 rings (SSSR count). The number of nitrogens with one attached hydrogen (secondary N) is 1. The number of aryl methyl sites for hydroxylation is 1. The Morgan fingerprint density at radius 3 is 2.58 bits per heavy atom. The lowest BCUT2D eigenvalue weighted by atomic mass is 10.1. The van der Waals surface area contributed by atoms with E-state index in [9.17, 15) is 4.79 Å². The van der Waals surface area contributed by atoms with E-state index >= 15 is 0 Å². The van der Waals surface area contributed by atoms with Crippen molar-refractivity contribution in [1.29, 1.82) is 0 Å². The summed E-state index contributed by atoms with van der Waals surface area (Å²) < 4.78 is 7.50. The highest BCUT2D eigenvalue weighted by Gasteiger charge is 2.06. The van der Waals surface area contributed by atoms with Crippen molar-refractivity contribution >= 4 is 5.91 Å². The normalized spacial score (nSPS) is 10.5. The highest BCUT2D eigenvalue weighted by molar-refractivity contribution is 5.77. The van der Waals surface area contributed by atoms with Crippen LogP contribution in [0.3, 0.4) is 0 Å². The fourth-order valence-electron chi connectivity index (χ4n) is 2.62. The number of carbonyl (C=O) groups excluding carboxylic acids is 1. The fourth-order valence-corrected chi connectivity index (χ4v) is 2.62. The SMILES string of the molecule is Cc1cccc(OCC(=O)NCc2ccc(Cn3cccn3)cc2)c1C. The van der Waals surface area contributed by atoms with E-state index in [-0.39, 0.29) is 12.5 Å². The van der Waals surface area contributed by atoms with Gasteiger partial charge in [0.2, 0.25) is 0 Å². The zero-order valence-corrected chi connectivity index (χ0v) is 15.1. The van der Waals surface area contributed by atoms with Crippen molar-refractivity contribution in [3.05, 3.63) is 83.2 Å². The lowest BCUT2D eigenvalue weighted by molar-refractivity contribution is -0.123. The number of hydrogen-bond acceptors (Lipinski definition) is 3. The van der Waals surface area contributed by atoms with Gasteiger partial charge in [-0.2, -0.15) is 5.10 Å². The number of nitrogens with zero attached hydrogens (tertiary/aromatic N) is 2. The van der Waals surface area contributed by atoms with Gasteiger partial charge in [0.15, 0.2) is 6.61 Å². The van der Waals surface area contributed by atoms with Gasteiger partial charge < -0.3 is 10.1 Å². The summed E-state index contributed by atoms with van der Waals surface area (Å²) in [5.41, 5.74) is 4.43. The molecule has 0 bridgehead atoms. The number of ether oxygens (including phenoxy) is 1. The third-order valence-electron chi connectivity index (χ3n) is 4.33. The molecule has 0 atom stereocenters. The second kappa shape index (κ2) is 8.34. The van der Waals surface area contributed by atoms with Gasteiger partial charge in [0.1, 0.15) is 5.75 Å². The summed E-state index contributed by atoms with van der Waals surface area (Å²) in [7, 11) is 0. The van der Waals surface area contributed by atoms with Crippen molar-refractivity contribution in [3.63, 3.8) is 0 Å². The maximum Gasteiger partial charge on any atom is 0.258 e. The quantitative estimate of drug-likeness (QED) is 0.712. The standard InChI is InChI=1S/C21H23N3O2/c1-16-5-3-6-20(17(16)2)26-15-21(25)22-13-18-7-9-19(10-8-18)14-24-12-4-11-23-24/h3-12H,13-15H2,1-2H3,(H,22,25). The molecular formula is C21H23N3O2. The molecule has 1 aromatic heterocycles. The average molecular weight is 349 g/mol. The third-order valence-corrected chi connectivity index (χ3v) is 4.33. The Balaban J connectivity index is 1.46. The Kier molecular flexibility index (Phi) is 5.69. The van der Waals surface area contributed by atoms with Crippen LogP contribution in [0, 0.1) is 13.8 Å². The zero-order chi connectivity index (χ0) is 18.4. The van der Waals surface area contributed by atoms with E-state index in [4.69, 9.17) is 4.74 Å². The molecule has 0 fully saturated rings. The van der Waals surface area contributed by atoms with Crippen molar-refractivity contribution in [2.75, 3.05) is 6.61 Å². The molecule has 0 aliphatic rings. The van der Waals surface area contributed by atoms with E-state index in [0.29, 0.717) is 6.54 Å². The van der Waals surface area contributed by atoms with Crippen LogP contribution < -0.4 is 10.1 Å². The van der Waals surface area contributed by atoms with Gasteiger partial charge in [-0.1, -0.05) is 36.4 Å². The molecular weight excluding hydrogens is 326 g/mol. The minimum absolute atomic E-state index is 0.0156.